The average Bonchev–Trinajstić information content (AvgIpc) is 2.30. The second kappa shape index (κ2) is 5.28. The third-order valence-electron chi connectivity index (χ3n) is 2.95. The van der Waals surface area contributed by atoms with E-state index in [0.717, 1.165) is 4.47 Å². The molecule has 0 aromatic heterocycles. The van der Waals surface area contributed by atoms with Crippen LogP contribution in [0.3, 0.4) is 0 Å². The van der Waals surface area contributed by atoms with Crippen molar-refractivity contribution in [2.45, 2.75) is 26.1 Å². The van der Waals surface area contributed by atoms with Gasteiger partial charge in [0, 0.05) is 28.8 Å². The fraction of sp³-hybridized carbons (Fsp3) is 0.462. The summed E-state index contributed by atoms with van der Waals surface area (Å²) in [6.07, 6.45) is 0.157. The number of ether oxygens (including phenoxy) is 1. The van der Waals surface area contributed by atoms with Crippen molar-refractivity contribution in [2.24, 2.45) is 0 Å². The van der Waals surface area contributed by atoms with Crippen molar-refractivity contribution < 1.29 is 9.53 Å². The monoisotopic (exact) mass is 312 g/mol. The van der Waals surface area contributed by atoms with Crippen LogP contribution in [0.5, 0.6) is 0 Å². The van der Waals surface area contributed by atoms with E-state index in [9.17, 15) is 4.79 Å². The number of nitrogen functional groups attached to an aromatic ring is 1. The predicted molar refractivity (Wildman–Crippen MR) is 74.5 cm³/mol. The van der Waals surface area contributed by atoms with E-state index in [1.54, 1.807) is 18.2 Å². The van der Waals surface area contributed by atoms with Gasteiger partial charge in [-0.3, -0.25) is 4.79 Å². The Morgan fingerprint density at radius 3 is 2.56 bits per heavy atom. The third kappa shape index (κ3) is 2.84. The molecule has 0 aliphatic carbocycles. The molecule has 2 rings (SSSR count). The van der Waals surface area contributed by atoms with Gasteiger partial charge in [-0.15, -0.1) is 0 Å². The van der Waals surface area contributed by atoms with Crippen molar-refractivity contribution in [2.75, 3.05) is 18.8 Å². The molecule has 1 aliphatic rings. The van der Waals surface area contributed by atoms with Crippen LogP contribution in [0.4, 0.5) is 5.69 Å². The van der Waals surface area contributed by atoms with Crippen LogP contribution in [-0.4, -0.2) is 36.1 Å². The first-order valence-electron chi connectivity index (χ1n) is 5.97. The minimum Gasteiger partial charge on any atom is -0.398 e. The molecule has 1 heterocycles. The Morgan fingerprint density at radius 2 is 2.00 bits per heavy atom. The van der Waals surface area contributed by atoms with E-state index in [0.29, 0.717) is 24.3 Å². The number of hydrogen-bond acceptors (Lipinski definition) is 3. The summed E-state index contributed by atoms with van der Waals surface area (Å²) in [7, 11) is 0. The fourth-order valence-corrected chi connectivity index (χ4v) is 2.57. The van der Waals surface area contributed by atoms with Gasteiger partial charge in [0.25, 0.3) is 5.91 Å². The highest BCUT2D eigenvalue weighted by Crippen LogP contribution is 2.22. The normalized spacial score (nSPS) is 24.1. The fourth-order valence-electron chi connectivity index (χ4n) is 2.19. The lowest BCUT2D eigenvalue weighted by Gasteiger charge is -2.35. The SMILES string of the molecule is CC1CN(C(=O)c2ccc(N)c(Br)c2)CC(C)O1. The van der Waals surface area contributed by atoms with Crippen molar-refractivity contribution in [3.8, 4) is 0 Å². The van der Waals surface area contributed by atoms with Gasteiger partial charge in [0.05, 0.1) is 12.2 Å². The van der Waals surface area contributed by atoms with Gasteiger partial charge in [0.1, 0.15) is 0 Å². The number of nitrogens with two attached hydrogens (primary N) is 1. The van der Waals surface area contributed by atoms with Crippen molar-refractivity contribution in [3.05, 3.63) is 28.2 Å². The summed E-state index contributed by atoms with van der Waals surface area (Å²) >= 11 is 3.34. The van der Waals surface area contributed by atoms with E-state index in [1.165, 1.54) is 0 Å². The molecule has 1 saturated heterocycles. The number of nitrogens with zero attached hydrogens (tertiary/aromatic N) is 1. The minimum atomic E-state index is 0.0256. The Kier molecular flexibility index (Phi) is 3.92. The van der Waals surface area contributed by atoms with Crippen LogP contribution in [0.25, 0.3) is 0 Å². The van der Waals surface area contributed by atoms with E-state index in [2.05, 4.69) is 15.9 Å². The number of carbonyl (C=O) groups is 1. The summed E-state index contributed by atoms with van der Waals surface area (Å²) in [4.78, 5) is 14.2. The molecule has 0 spiro atoms. The van der Waals surface area contributed by atoms with Gasteiger partial charge in [0.2, 0.25) is 0 Å². The van der Waals surface area contributed by atoms with Crippen LogP contribution >= 0.6 is 15.9 Å². The topological polar surface area (TPSA) is 55.6 Å². The van der Waals surface area contributed by atoms with Crippen LogP contribution in [0, 0.1) is 0 Å². The quantitative estimate of drug-likeness (QED) is 0.809. The molecule has 2 unspecified atom stereocenters. The van der Waals surface area contributed by atoms with Gasteiger partial charge < -0.3 is 15.4 Å². The molecule has 1 fully saturated rings. The molecule has 18 heavy (non-hydrogen) atoms. The van der Waals surface area contributed by atoms with Crippen molar-refractivity contribution in [3.63, 3.8) is 0 Å². The average molecular weight is 313 g/mol. The number of amides is 1. The van der Waals surface area contributed by atoms with Gasteiger partial charge in [-0.1, -0.05) is 0 Å². The van der Waals surface area contributed by atoms with Crippen LogP contribution < -0.4 is 5.73 Å². The van der Waals surface area contributed by atoms with E-state index in [4.69, 9.17) is 10.5 Å². The first kappa shape index (κ1) is 13.4. The Labute approximate surface area is 115 Å². The first-order valence-corrected chi connectivity index (χ1v) is 6.76. The molecule has 2 N–H and O–H groups in total. The summed E-state index contributed by atoms with van der Waals surface area (Å²) in [5.74, 6) is 0.0256. The Morgan fingerprint density at radius 1 is 1.39 bits per heavy atom. The van der Waals surface area contributed by atoms with Gasteiger partial charge in [-0.2, -0.15) is 0 Å². The number of rotatable bonds is 1. The zero-order valence-electron chi connectivity index (χ0n) is 10.5. The largest absolute Gasteiger partial charge is 0.398 e. The molecule has 1 aliphatic heterocycles. The standard InChI is InChI=1S/C13H17BrN2O2/c1-8-6-16(7-9(2)18-8)13(17)10-3-4-12(15)11(14)5-10/h3-5,8-9H,6-7,15H2,1-2H3. The Bertz CT molecular complexity index is 454. The van der Waals surface area contributed by atoms with Crippen LogP contribution in [0.2, 0.25) is 0 Å². The maximum Gasteiger partial charge on any atom is 0.254 e. The molecule has 98 valence electrons. The molecule has 1 aromatic carbocycles. The molecule has 0 saturated carbocycles. The highest BCUT2D eigenvalue weighted by Gasteiger charge is 2.26. The summed E-state index contributed by atoms with van der Waals surface area (Å²) < 4.78 is 6.37. The lowest BCUT2D eigenvalue weighted by Crippen LogP contribution is -2.48. The van der Waals surface area contributed by atoms with Crippen molar-refractivity contribution >= 4 is 27.5 Å². The van der Waals surface area contributed by atoms with Gasteiger partial charge in [-0.25, -0.2) is 0 Å². The maximum absolute atomic E-state index is 12.4. The number of morpholine rings is 1. The molecule has 5 heteroatoms. The smallest absolute Gasteiger partial charge is 0.254 e. The number of benzene rings is 1. The lowest BCUT2D eigenvalue weighted by atomic mass is 10.1. The van der Waals surface area contributed by atoms with Crippen LogP contribution in [0.1, 0.15) is 24.2 Å². The summed E-state index contributed by atoms with van der Waals surface area (Å²) in [5, 5.41) is 0. The predicted octanol–water partition coefficient (Wildman–Crippen LogP) is 2.28. The number of anilines is 1. The summed E-state index contributed by atoms with van der Waals surface area (Å²) in [6, 6.07) is 5.26. The van der Waals surface area contributed by atoms with Crippen LogP contribution in [-0.2, 0) is 4.74 Å². The molecule has 0 radical (unpaired) electrons. The van der Waals surface area contributed by atoms with Crippen LogP contribution in [0.15, 0.2) is 22.7 Å². The number of hydrogen-bond donors (Lipinski definition) is 1. The molecule has 2 atom stereocenters. The third-order valence-corrected chi connectivity index (χ3v) is 3.64. The van der Waals surface area contributed by atoms with E-state index in [1.807, 2.05) is 18.7 Å². The molecular formula is C13H17BrN2O2. The Balaban J connectivity index is 2.17. The zero-order chi connectivity index (χ0) is 13.3. The lowest BCUT2D eigenvalue weighted by molar-refractivity contribution is -0.0586. The van der Waals surface area contributed by atoms with Crippen molar-refractivity contribution in [1.29, 1.82) is 0 Å². The second-order valence-electron chi connectivity index (χ2n) is 4.70. The number of halogens is 1. The van der Waals surface area contributed by atoms with Gasteiger partial charge >= 0.3 is 0 Å². The highest BCUT2D eigenvalue weighted by molar-refractivity contribution is 9.10. The highest BCUT2D eigenvalue weighted by atomic mass is 79.9. The van der Waals surface area contributed by atoms with E-state index in [-0.39, 0.29) is 18.1 Å². The second-order valence-corrected chi connectivity index (χ2v) is 5.56. The Hall–Kier alpha value is -1.07. The van der Waals surface area contributed by atoms with Gasteiger partial charge in [0.15, 0.2) is 0 Å². The first-order chi connectivity index (χ1) is 8.47. The molecule has 1 amide bonds. The van der Waals surface area contributed by atoms with Crippen molar-refractivity contribution in [1.82, 2.24) is 4.90 Å². The zero-order valence-corrected chi connectivity index (χ0v) is 12.1. The molecule has 0 bridgehead atoms. The van der Waals surface area contributed by atoms with E-state index < -0.39 is 0 Å². The number of carbonyl (C=O) groups excluding carboxylic acids is 1. The minimum absolute atomic E-state index is 0.0256. The van der Waals surface area contributed by atoms with Gasteiger partial charge in [-0.05, 0) is 48.0 Å². The maximum atomic E-state index is 12.4. The molecule has 4 nitrogen and oxygen atoms in total. The summed E-state index contributed by atoms with van der Waals surface area (Å²) in [5.41, 5.74) is 7.00. The summed E-state index contributed by atoms with van der Waals surface area (Å²) in [6.45, 7) is 5.22. The molecular weight excluding hydrogens is 296 g/mol. The van der Waals surface area contributed by atoms with E-state index >= 15 is 0 Å². The molecule has 1 aromatic rings.